The Labute approximate surface area is 192 Å². The average molecular weight is 535 g/mol. The lowest BCUT2D eigenvalue weighted by Gasteiger charge is -2.39. The second kappa shape index (κ2) is 10.4. The van der Waals surface area contributed by atoms with Crippen LogP contribution >= 0.6 is 24.0 Å². The van der Waals surface area contributed by atoms with Crippen LogP contribution in [0.5, 0.6) is 0 Å². The number of benzene rings is 1. The summed E-state index contributed by atoms with van der Waals surface area (Å²) in [7, 11) is -1.30. The second-order valence-corrected chi connectivity index (χ2v) is 11.0. The average Bonchev–Trinajstić information content (AvgIpc) is 2.67. The fourth-order valence-electron chi connectivity index (χ4n) is 4.04. The second-order valence-electron chi connectivity index (χ2n) is 8.28. The van der Waals surface area contributed by atoms with Gasteiger partial charge in [0.2, 0.25) is 0 Å². The summed E-state index contributed by atoms with van der Waals surface area (Å²) >= 11 is 0. The van der Waals surface area contributed by atoms with Crippen LogP contribution in [0.3, 0.4) is 0 Å². The third-order valence-corrected chi connectivity index (χ3v) is 8.33. The number of aliphatic imine (C=N–C) groups is 1. The van der Waals surface area contributed by atoms with Crippen molar-refractivity contribution in [2.45, 2.75) is 50.4 Å². The van der Waals surface area contributed by atoms with Gasteiger partial charge in [-0.3, -0.25) is 4.99 Å². The van der Waals surface area contributed by atoms with Gasteiger partial charge in [-0.2, -0.15) is 0 Å². The molecule has 1 atom stereocenters. The molecule has 1 aromatic rings. The lowest BCUT2D eigenvalue weighted by molar-refractivity contribution is 0.0397. The van der Waals surface area contributed by atoms with E-state index in [2.05, 4.69) is 34.6 Å². The van der Waals surface area contributed by atoms with Crippen molar-refractivity contribution >= 4 is 39.8 Å². The van der Waals surface area contributed by atoms with E-state index >= 15 is 0 Å². The van der Waals surface area contributed by atoms with Gasteiger partial charge in [0.15, 0.2) is 15.8 Å². The maximum absolute atomic E-state index is 12.2. The SMILES string of the molecule is CN=C(NCCCOC1CCCc2ccccc21)N1CCS(=O)(=O)C(C)(C)C1.I. The molecule has 0 radical (unpaired) electrons. The molecule has 1 fully saturated rings. The van der Waals surface area contributed by atoms with Gasteiger partial charge in [0.1, 0.15) is 0 Å². The normalized spacial score (nSPS) is 23.1. The van der Waals surface area contributed by atoms with Gasteiger partial charge < -0.3 is 15.0 Å². The standard InChI is InChI=1S/C21H33N3O3S.HI/c1-21(2)16-24(13-15-28(21,25)26)20(22-3)23-12-7-14-27-19-11-6-9-17-8-4-5-10-18(17)19;/h4-5,8,10,19H,6-7,9,11-16H2,1-3H3,(H,22,23);1H. The molecule has 6 nitrogen and oxygen atoms in total. The molecule has 1 aromatic carbocycles. The first-order valence-corrected chi connectivity index (χ1v) is 11.9. The van der Waals surface area contributed by atoms with E-state index < -0.39 is 14.6 Å². The Kier molecular flexibility index (Phi) is 8.78. The molecule has 1 saturated heterocycles. The van der Waals surface area contributed by atoms with E-state index in [0.29, 0.717) is 19.7 Å². The number of guanidine groups is 1. The van der Waals surface area contributed by atoms with Gasteiger partial charge in [0.05, 0.1) is 16.6 Å². The molecule has 0 bridgehead atoms. The van der Waals surface area contributed by atoms with Crippen LogP contribution in [0.2, 0.25) is 0 Å². The molecule has 1 aliphatic carbocycles. The van der Waals surface area contributed by atoms with Crippen LogP contribution in [0, 0.1) is 0 Å². The van der Waals surface area contributed by atoms with Crippen LogP contribution in [0.1, 0.15) is 50.3 Å². The van der Waals surface area contributed by atoms with E-state index in [1.165, 1.54) is 17.5 Å². The van der Waals surface area contributed by atoms with E-state index in [4.69, 9.17) is 4.74 Å². The molecule has 29 heavy (non-hydrogen) atoms. The van der Waals surface area contributed by atoms with Crippen molar-refractivity contribution in [3.05, 3.63) is 35.4 Å². The number of aryl methyl sites for hydroxylation is 1. The molecule has 0 amide bonds. The highest BCUT2D eigenvalue weighted by molar-refractivity contribution is 14.0. The summed E-state index contributed by atoms with van der Waals surface area (Å²) < 4.78 is 29.8. The van der Waals surface area contributed by atoms with Crippen molar-refractivity contribution < 1.29 is 13.2 Å². The minimum atomic E-state index is -3.05. The van der Waals surface area contributed by atoms with Crippen molar-refractivity contribution in [1.82, 2.24) is 10.2 Å². The Balaban J connectivity index is 0.00000300. The highest BCUT2D eigenvalue weighted by atomic mass is 127. The molecule has 1 aliphatic heterocycles. The van der Waals surface area contributed by atoms with Crippen LogP contribution in [-0.4, -0.2) is 63.1 Å². The minimum absolute atomic E-state index is 0. The number of nitrogens with zero attached hydrogens (tertiary/aromatic N) is 2. The lowest BCUT2D eigenvalue weighted by atomic mass is 9.89. The molecule has 8 heteroatoms. The van der Waals surface area contributed by atoms with Crippen LogP contribution in [0.4, 0.5) is 0 Å². The molecule has 164 valence electrons. The first kappa shape index (κ1) is 24.4. The van der Waals surface area contributed by atoms with Crippen molar-refractivity contribution in [2.75, 3.05) is 39.0 Å². The summed E-state index contributed by atoms with van der Waals surface area (Å²) in [5, 5.41) is 3.36. The quantitative estimate of drug-likeness (QED) is 0.272. The molecule has 1 heterocycles. The van der Waals surface area contributed by atoms with Crippen LogP contribution in [0.15, 0.2) is 29.3 Å². The number of hydrogen-bond donors (Lipinski definition) is 1. The summed E-state index contributed by atoms with van der Waals surface area (Å²) in [6, 6.07) is 8.58. The van der Waals surface area contributed by atoms with Crippen LogP contribution in [0.25, 0.3) is 0 Å². The van der Waals surface area contributed by atoms with Crippen LogP contribution in [-0.2, 0) is 21.0 Å². The van der Waals surface area contributed by atoms with Crippen LogP contribution < -0.4 is 5.32 Å². The maximum atomic E-state index is 12.2. The molecular formula is C21H34IN3O3S. The zero-order valence-corrected chi connectivity index (χ0v) is 20.8. The Hall–Kier alpha value is -0.870. The Bertz CT molecular complexity index is 811. The molecule has 0 spiro atoms. The predicted octanol–water partition coefficient (Wildman–Crippen LogP) is 3.17. The largest absolute Gasteiger partial charge is 0.373 e. The van der Waals surface area contributed by atoms with E-state index in [9.17, 15) is 8.42 Å². The number of ether oxygens (including phenoxy) is 1. The lowest BCUT2D eigenvalue weighted by Crippen LogP contribution is -2.57. The first-order valence-electron chi connectivity index (χ1n) is 10.2. The first-order chi connectivity index (χ1) is 13.3. The fraction of sp³-hybridized carbons (Fsp3) is 0.667. The Morgan fingerprint density at radius 3 is 2.83 bits per heavy atom. The van der Waals surface area contributed by atoms with Crippen molar-refractivity contribution in [3.8, 4) is 0 Å². The number of rotatable bonds is 5. The van der Waals surface area contributed by atoms with Gasteiger partial charge in [-0.05, 0) is 50.7 Å². The monoisotopic (exact) mass is 535 g/mol. The summed E-state index contributed by atoms with van der Waals surface area (Å²) in [6.07, 6.45) is 4.50. The van der Waals surface area contributed by atoms with Gasteiger partial charge in [-0.25, -0.2) is 8.42 Å². The van der Waals surface area contributed by atoms with E-state index in [1.54, 1.807) is 20.9 Å². The smallest absolute Gasteiger partial charge is 0.193 e. The van der Waals surface area contributed by atoms with E-state index in [1.807, 2.05) is 4.90 Å². The third kappa shape index (κ3) is 5.85. The zero-order chi connectivity index (χ0) is 20.2. The highest BCUT2D eigenvalue weighted by Crippen LogP contribution is 2.32. The van der Waals surface area contributed by atoms with Gasteiger partial charge in [-0.15, -0.1) is 24.0 Å². The topological polar surface area (TPSA) is 71.0 Å². The molecule has 0 aromatic heterocycles. The zero-order valence-electron chi connectivity index (χ0n) is 17.7. The fourth-order valence-corrected chi connectivity index (χ4v) is 5.40. The minimum Gasteiger partial charge on any atom is -0.373 e. The molecule has 0 saturated carbocycles. The summed E-state index contributed by atoms with van der Waals surface area (Å²) in [5.41, 5.74) is 2.76. The molecule has 3 rings (SSSR count). The maximum Gasteiger partial charge on any atom is 0.193 e. The summed E-state index contributed by atoms with van der Waals surface area (Å²) in [5.74, 6) is 0.941. The number of fused-ring (bicyclic) bond motifs is 1. The molecule has 2 aliphatic rings. The molecule has 1 unspecified atom stereocenters. The molecular weight excluding hydrogens is 501 g/mol. The van der Waals surface area contributed by atoms with Gasteiger partial charge in [-0.1, -0.05) is 24.3 Å². The van der Waals surface area contributed by atoms with Crippen molar-refractivity contribution in [3.63, 3.8) is 0 Å². The number of sulfone groups is 1. The van der Waals surface area contributed by atoms with E-state index in [-0.39, 0.29) is 35.8 Å². The van der Waals surface area contributed by atoms with Gasteiger partial charge >= 0.3 is 0 Å². The number of hydrogen-bond acceptors (Lipinski definition) is 4. The van der Waals surface area contributed by atoms with E-state index in [0.717, 1.165) is 31.8 Å². The molecule has 1 N–H and O–H groups in total. The Morgan fingerprint density at radius 1 is 1.34 bits per heavy atom. The van der Waals surface area contributed by atoms with Crippen molar-refractivity contribution in [1.29, 1.82) is 0 Å². The van der Waals surface area contributed by atoms with Gasteiger partial charge in [0, 0.05) is 33.3 Å². The predicted molar refractivity (Wildman–Crippen MR) is 129 cm³/mol. The number of nitrogens with one attached hydrogen (secondary N) is 1. The van der Waals surface area contributed by atoms with Crippen molar-refractivity contribution in [2.24, 2.45) is 4.99 Å². The summed E-state index contributed by atoms with van der Waals surface area (Å²) in [6.45, 7) is 5.98. The van der Waals surface area contributed by atoms with Gasteiger partial charge in [0.25, 0.3) is 0 Å². The third-order valence-electron chi connectivity index (χ3n) is 5.79. The summed E-state index contributed by atoms with van der Waals surface area (Å²) in [4.78, 5) is 6.38. The highest BCUT2D eigenvalue weighted by Gasteiger charge is 2.40. The Morgan fingerprint density at radius 2 is 2.10 bits per heavy atom. The number of halogens is 1.